The van der Waals surface area contributed by atoms with Crippen LogP contribution in [-0.4, -0.2) is 66.7 Å². The molecule has 37 heavy (non-hydrogen) atoms. The molecule has 2 saturated carbocycles. The van der Waals surface area contributed by atoms with E-state index in [1.807, 2.05) is 13.8 Å². The number of rotatable bonds is 11. The minimum Gasteiger partial charge on any atom is -0.746 e. The van der Waals surface area contributed by atoms with Crippen molar-refractivity contribution in [2.24, 2.45) is 29.6 Å². The Morgan fingerprint density at radius 3 is 2.32 bits per heavy atom. The molecule has 7 atom stereocenters. The molecule has 11 nitrogen and oxygen atoms in total. The molecule has 2 aliphatic carbocycles. The standard InChI is InChI=1S/C24H41N3O8S.Na/c1-14(2)8-19(27-24(31)35-13-17-10-15-4-3-5-16(9-15)11-17)22(29)26-20(23(30)36(32,33)34)12-18-6-7-25-21(18)28;/h14-20,23,30H,3-13H2,1-2H3,(H,25,28)(H,26,29)(H,27,31)(H,32,33,34);/q;+1/p-1/t15-,16+,17?,18-,19-,20-,23?;/m0./s1. The van der Waals surface area contributed by atoms with Crippen molar-refractivity contribution < 1.29 is 66.8 Å². The maximum atomic E-state index is 13.1. The van der Waals surface area contributed by atoms with Gasteiger partial charge in [-0.15, -0.1) is 0 Å². The normalized spacial score (nSPS) is 27.9. The molecule has 1 saturated heterocycles. The van der Waals surface area contributed by atoms with E-state index in [4.69, 9.17) is 4.74 Å². The van der Waals surface area contributed by atoms with Crippen molar-refractivity contribution in [3.05, 3.63) is 0 Å². The number of fused-ring (bicyclic) bond motifs is 2. The second-order valence-corrected chi connectivity index (χ2v) is 12.6. The second kappa shape index (κ2) is 14.5. The molecule has 3 amide bonds. The average molecular weight is 554 g/mol. The average Bonchev–Trinajstić information content (AvgIpc) is 3.19. The van der Waals surface area contributed by atoms with E-state index in [0.29, 0.717) is 30.7 Å². The first kappa shape index (κ1) is 32.3. The molecule has 13 heteroatoms. The van der Waals surface area contributed by atoms with Gasteiger partial charge in [0.05, 0.1) is 12.6 Å². The number of carbonyl (C=O) groups excluding carboxylic acids is 3. The van der Waals surface area contributed by atoms with Crippen molar-refractivity contribution in [3.8, 4) is 0 Å². The van der Waals surface area contributed by atoms with E-state index in [9.17, 15) is 32.5 Å². The van der Waals surface area contributed by atoms with E-state index >= 15 is 0 Å². The van der Waals surface area contributed by atoms with Gasteiger partial charge in [0.2, 0.25) is 11.8 Å². The van der Waals surface area contributed by atoms with Gasteiger partial charge < -0.3 is 30.3 Å². The van der Waals surface area contributed by atoms with Crippen LogP contribution in [0.2, 0.25) is 0 Å². The molecule has 3 aliphatic rings. The van der Waals surface area contributed by atoms with Gasteiger partial charge in [0.25, 0.3) is 0 Å². The number of aliphatic hydroxyl groups excluding tert-OH is 1. The zero-order valence-electron chi connectivity index (χ0n) is 22.1. The summed E-state index contributed by atoms with van der Waals surface area (Å²) in [5, 5.41) is 17.7. The SMILES string of the molecule is CC(C)C[C@H](NC(=O)OCC1C[C@H]2CCC[C@@H](C1)C2)C(=O)N[C@@H](C[C@@H]1CCNC1=O)C(O)S(=O)(=O)[O-].[Na+]. The van der Waals surface area contributed by atoms with Crippen molar-refractivity contribution in [2.45, 2.75) is 89.2 Å². The number of hydrogen-bond donors (Lipinski definition) is 4. The second-order valence-electron chi connectivity index (χ2n) is 11.2. The Bertz CT molecular complexity index is 890. The quantitative estimate of drug-likeness (QED) is 0.172. The third-order valence-electron chi connectivity index (χ3n) is 7.66. The van der Waals surface area contributed by atoms with Crippen LogP contribution in [0.25, 0.3) is 0 Å². The Morgan fingerprint density at radius 1 is 1.14 bits per heavy atom. The Balaban J connectivity index is 0.00000481. The smallest absolute Gasteiger partial charge is 0.746 e. The Morgan fingerprint density at radius 2 is 1.78 bits per heavy atom. The number of aliphatic hydroxyl groups is 1. The van der Waals surface area contributed by atoms with Gasteiger partial charge in [0.1, 0.15) is 16.2 Å². The number of ether oxygens (including phenoxy) is 1. The molecule has 0 spiro atoms. The Kier molecular flexibility index (Phi) is 12.6. The summed E-state index contributed by atoms with van der Waals surface area (Å²) in [5.74, 6) is -0.0610. The van der Waals surface area contributed by atoms with Crippen LogP contribution in [0.4, 0.5) is 4.79 Å². The van der Waals surface area contributed by atoms with Crippen molar-refractivity contribution >= 4 is 28.0 Å². The fraction of sp³-hybridized carbons (Fsp3) is 0.875. The van der Waals surface area contributed by atoms with E-state index < -0.39 is 45.6 Å². The fourth-order valence-electron chi connectivity index (χ4n) is 5.99. The first-order valence-electron chi connectivity index (χ1n) is 13.1. The maximum absolute atomic E-state index is 13.1. The number of alkyl carbamates (subject to hydrolysis) is 1. The molecule has 2 unspecified atom stereocenters. The molecule has 1 heterocycles. The van der Waals surface area contributed by atoms with Gasteiger partial charge in [-0.2, -0.15) is 0 Å². The van der Waals surface area contributed by atoms with Gasteiger partial charge in [0.15, 0.2) is 5.44 Å². The summed E-state index contributed by atoms with van der Waals surface area (Å²) in [5.41, 5.74) is -2.42. The summed E-state index contributed by atoms with van der Waals surface area (Å²) < 4.78 is 39.9. The predicted octanol–water partition coefficient (Wildman–Crippen LogP) is -1.78. The first-order valence-corrected chi connectivity index (χ1v) is 14.5. The summed E-state index contributed by atoms with van der Waals surface area (Å²) >= 11 is 0. The molecule has 3 fully saturated rings. The maximum Gasteiger partial charge on any atom is 1.00 e. The van der Waals surface area contributed by atoms with Crippen molar-refractivity contribution in [1.29, 1.82) is 0 Å². The van der Waals surface area contributed by atoms with Crippen LogP contribution in [-0.2, 0) is 24.4 Å². The molecule has 3 rings (SSSR count). The molecular formula is C24H40N3NaO8S. The summed E-state index contributed by atoms with van der Waals surface area (Å²) in [7, 11) is -5.16. The Labute approximate surface area is 241 Å². The zero-order chi connectivity index (χ0) is 26.5. The third kappa shape index (κ3) is 9.96. The van der Waals surface area contributed by atoms with E-state index in [0.717, 1.165) is 12.8 Å². The Hall–Kier alpha value is -0.920. The minimum atomic E-state index is -5.16. The fourth-order valence-corrected chi connectivity index (χ4v) is 6.58. The molecular weight excluding hydrogens is 513 g/mol. The van der Waals surface area contributed by atoms with Gasteiger partial charge in [-0.05, 0) is 62.2 Å². The van der Waals surface area contributed by atoms with Crippen molar-refractivity contribution in [2.75, 3.05) is 13.2 Å². The van der Waals surface area contributed by atoms with E-state index in [-0.39, 0.29) is 60.8 Å². The van der Waals surface area contributed by atoms with Gasteiger partial charge in [0, 0.05) is 12.5 Å². The molecule has 2 bridgehead atoms. The van der Waals surface area contributed by atoms with Crippen LogP contribution < -0.4 is 45.5 Å². The van der Waals surface area contributed by atoms with Crippen molar-refractivity contribution in [3.63, 3.8) is 0 Å². The van der Waals surface area contributed by atoms with E-state index in [2.05, 4.69) is 16.0 Å². The largest absolute Gasteiger partial charge is 1.00 e. The monoisotopic (exact) mass is 553 g/mol. The van der Waals surface area contributed by atoms with E-state index in [1.165, 1.54) is 25.7 Å². The van der Waals surface area contributed by atoms with Gasteiger partial charge in [-0.3, -0.25) is 9.59 Å². The van der Waals surface area contributed by atoms with Gasteiger partial charge >= 0.3 is 35.7 Å². The number of nitrogens with one attached hydrogen (secondary N) is 3. The molecule has 1 aliphatic heterocycles. The zero-order valence-corrected chi connectivity index (χ0v) is 24.9. The van der Waals surface area contributed by atoms with Gasteiger partial charge in [-0.25, -0.2) is 13.2 Å². The number of amides is 3. The number of carbonyl (C=O) groups is 3. The molecule has 4 N–H and O–H groups in total. The predicted molar refractivity (Wildman–Crippen MR) is 129 cm³/mol. The van der Waals surface area contributed by atoms with Crippen LogP contribution in [0.5, 0.6) is 0 Å². The first-order chi connectivity index (χ1) is 16.9. The van der Waals surface area contributed by atoms with Gasteiger partial charge in [-0.1, -0.05) is 33.1 Å². The molecule has 0 aromatic heterocycles. The van der Waals surface area contributed by atoms with Crippen LogP contribution in [0.15, 0.2) is 0 Å². The van der Waals surface area contributed by atoms with Crippen LogP contribution in [0, 0.1) is 29.6 Å². The summed E-state index contributed by atoms with van der Waals surface area (Å²) in [6.45, 7) is 4.37. The number of hydrogen-bond acceptors (Lipinski definition) is 8. The summed E-state index contributed by atoms with van der Waals surface area (Å²) in [6.07, 6.45) is 6.71. The van der Waals surface area contributed by atoms with Crippen LogP contribution in [0.1, 0.15) is 71.6 Å². The van der Waals surface area contributed by atoms with E-state index in [1.54, 1.807) is 0 Å². The third-order valence-corrected chi connectivity index (χ3v) is 8.58. The molecule has 0 radical (unpaired) electrons. The molecule has 206 valence electrons. The minimum absolute atomic E-state index is 0. The topological polar surface area (TPSA) is 174 Å². The molecule has 0 aromatic rings. The van der Waals surface area contributed by atoms with Crippen molar-refractivity contribution in [1.82, 2.24) is 16.0 Å². The van der Waals surface area contributed by atoms with Crippen LogP contribution >= 0.6 is 0 Å². The van der Waals surface area contributed by atoms with Crippen LogP contribution in [0.3, 0.4) is 0 Å². The summed E-state index contributed by atoms with van der Waals surface area (Å²) in [6, 6.07) is -2.56. The molecule has 0 aromatic carbocycles. The summed E-state index contributed by atoms with van der Waals surface area (Å²) in [4.78, 5) is 37.6.